The van der Waals surface area contributed by atoms with Crippen LogP contribution in [0.4, 0.5) is 5.69 Å². The van der Waals surface area contributed by atoms with Crippen LogP contribution >= 0.6 is 12.4 Å². The fourth-order valence-electron chi connectivity index (χ4n) is 3.67. The van der Waals surface area contributed by atoms with Gasteiger partial charge in [-0.15, -0.1) is 12.4 Å². The number of piperidine rings is 1. The molecule has 2 heterocycles. The second-order valence-electron chi connectivity index (χ2n) is 6.60. The molecule has 0 saturated carbocycles. The number of amides is 1. The molecule has 0 radical (unpaired) electrons. The van der Waals surface area contributed by atoms with Crippen molar-refractivity contribution in [3.8, 4) is 5.75 Å². The van der Waals surface area contributed by atoms with Crippen molar-refractivity contribution in [2.75, 3.05) is 11.9 Å². The molecule has 23 heavy (non-hydrogen) atoms. The third-order valence-electron chi connectivity index (χ3n) is 4.66. The highest BCUT2D eigenvalue weighted by molar-refractivity contribution is 5.90. The van der Waals surface area contributed by atoms with Gasteiger partial charge in [-0.25, -0.2) is 0 Å². The van der Waals surface area contributed by atoms with E-state index in [1.54, 1.807) is 0 Å². The SMILES string of the molecule is CCCOc1ccc(NC(=O)CC2CC3CCC(C2)N3)cc1.Cl. The Labute approximate surface area is 144 Å². The Morgan fingerprint density at radius 2 is 1.87 bits per heavy atom. The first-order valence-corrected chi connectivity index (χ1v) is 8.51. The Morgan fingerprint density at radius 3 is 2.48 bits per heavy atom. The minimum absolute atomic E-state index is 0. The summed E-state index contributed by atoms with van der Waals surface area (Å²) in [6.45, 7) is 2.81. The number of fused-ring (bicyclic) bond motifs is 2. The van der Waals surface area contributed by atoms with E-state index in [1.165, 1.54) is 12.8 Å². The summed E-state index contributed by atoms with van der Waals surface area (Å²) in [6, 6.07) is 8.94. The van der Waals surface area contributed by atoms with Gasteiger partial charge in [-0.1, -0.05) is 6.92 Å². The van der Waals surface area contributed by atoms with E-state index in [2.05, 4.69) is 17.6 Å². The Kier molecular flexibility index (Phi) is 6.72. The van der Waals surface area contributed by atoms with E-state index < -0.39 is 0 Å². The topological polar surface area (TPSA) is 50.4 Å². The molecule has 1 amide bonds. The predicted molar refractivity (Wildman–Crippen MR) is 95.4 cm³/mol. The summed E-state index contributed by atoms with van der Waals surface area (Å²) in [6.07, 6.45) is 6.49. The molecule has 1 aromatic carbocycles. The molecule has 0 aromatic heterocycles. The van der Waals surface area contributed by atoms with Crippen molar-refractivity contribution >= 4 is 24.0 Å². The number of hydrogen-bond acceptors (Lipinski definition) is 3. The van der Waals surface area contributed by atoms with E-state index in [-0.39, 0.29) is 18.3 Å². The van der Waals surface area contributed by atoms with E-state index >= 15 is 0 Å². The number of rotatable bonds is 6. The van der Waals surface area contributed by atoms with Crippen LogP contribution in [0, 0.1) is 5.92 Å². The van der Waals surface area contributed by atoms with Gasteiger partial charge < -0.3 is 15.4 Å². The molecule has 2 atom stereocenters. The number of halogens is 1. The average molecular weight is 339 g/mol. The van der Waals surface area contributed by atoms with Crippen molar-refractivity contribution in [2.45, 2.75) is 57.5 Å². The highest BCUT2D eigenvalue weighted by Gasteiger charge is 2.34. The number of benzene rings is 1. The first kappa shape index (κ1) is 18.1. The summed E-state index contributed by atoms with van der Waals surface area (Å²) < 4.78 is 5.55. The summed E-state index contributed by atoms with van der Waals surface area (Å²) in [5, 5.41) is 6.63. The van der Waals surface area contributed by atoms with Crippen LogP contribution in [0.2, 0.25) is 0 Å². The van der Waals surface area contributed by atoms with Gasteiger partial charge in [0.15, 0.2) is 0 Å². The van der Waals surface area contributed by atoms with Crippen LogP contribution in [0.25, 0.3) is 0 Å². The first-order chi connectivity index (χ1) is 10.7. The van der Waals surface area contributed by atoms with E-state index in [1.807, 2.05) is 24.3 Å². The van der Waals surface area contributed by atoms with Gasteiger partial charge in [0.25, 0.3) is 0 Å². The van der Waals surface area contributed by atoms with Crippen LogP contribution in [0.1, 0.15) is 45.4 Å². The molecule has 4 nitrogen and oxygen atoms in total. The molecule has 2 N–H and O–H groups in total. The average Bonchev–Trinajstić information content (AvgIpc) is 2.85. The Balaban J connectivity index is 0.00000192. The molecule has 2 fully saturated rings. The predicted octanol–water partition coefficient (Wildman–Crippen LogP) is 3.76. The van der Waals surface area contributed by atoms with Crippen molar-refractivity contribution < 1.29 is 9.53 Å². The molecule has 0 aliphatic carbocycles. The van der Waals surface area contributed by atoms with Gasteiger partial charge in [0.2, 0.25) is 5.91 Å². The number of anilines is 1. The lowest BCUT2D eigenvalue weighted by Crippen LogP contribution is -2.39. The monoisotopic (exact) mass is 338 g/mol. The summed E-state index contributed by atoms with van der Waals surface area (Å²) in [4.78, 5) is 12.2. The van der Waals surface area contributed by atoms with E-state index in [9.17, 15) is 4.79 Å². The normalized spacial score (nSPS) is 25.5. The Hall–Kier alpha value is -1.26. The second kappa shape index (κ2) is 8.55. The highest BCUT2D eigenvalue weighted by Crippen LogP contribution is 2.32. The van der Waals surface area contributed by atoms with Crippen molar-refractivity contribution in [3.63, 3.8) is 0 Å². The molecule has 2 saturated heterocycles. The van der Waals surface area contributed by atoms with Crippen molar-refractivity contribution in [1.82, 2.24) is 5.32 Å². The highest BCUT2D eigenvalue weighted by atomic mass is 35.5. The largest absolute Gasteiger partial charge is 0.494 e. The quantitative estimate of drug-likeness (QED) is 0.830. The molecule has 2 aliphatic rings. The molecule has 128 valence electrons. The number of carbonyl (C=O) groups is 1. The zero-order chi connectivity index (χ0) is 15.4. The van der Waals surface area contributed by atoms with Crippen molar-refractivity contribution in [2.24, 2.45) is 5.92 Å². The number of nitrogens with one attached hydrogen (secondary N) is 2. The van der Waals surface area contributed by atoms with Crippen LogP contribution < -0.4 is 15.4 Å². The van der Waals surface area contributed by atoms with Crippen LogP contribution in [-0.4, -0.2) is 24.6 Å². The van der Waals surface area contributed by atoms with Gasteiger partial charge in [-0.2, -0.15) is 0 Å². The number of carbonyl (C=O) groups excluding carboxylic acids is 1. The lowest BCUT2D eigenvalue weighted by molar-refractivity contribution is -0.117. The molecule has 2 unspecified atom stereocenters. The fraction of sp³-hybridized carbons (Fsp3) is 0.611. The minimum atomic E-state index is 0. The third kappa shape index (κ3) is 5.11. The van der Waals surface area contributed by atoms with Gasteiger partial charge in [0.05, 0.1) is 6.61 Å². The number of hydrogen-bond donors (Lipinski definition) is 2. The van der Waals surface area contributed by atoms with Crippen molar-refractivity contribution in [3.05, 3.63) is 24.3 Å². The summed E-state index contributed by atoms with van der Waals surface area (Å²) in [7, 11) is 0. The standard InChI is InChI=1S/C18H26N2O2.ClH/c1-2-9-22-17-7-5-14(6-8-17)20-18(21)12-13-10-15-3-4-16(11-13)19-15;/h5-8,13,15-16,19H,2-4,9-12H2,1H3,(H,20,21);1H. The molecule has 0 spiro atoms. The maximum atomic E-state index is 12.2. The van der Waals surface area contributed by atoms with Gasteiger partial charge in [0, 0.05) is 24.2 Å². The summed E-state index contributed by atoms with van der Waals surface area (Å²) in [5.74, 6) is 1.52. The third-order valence-corrected chi connectivity index (χ3v) is 4.66. The fourth-order valence-corrected chi connectivity index (χ4v) is 3.67. The van der Waals surface area contributed by atoms with E-state index in [4.69, 9.17) is 4.74 Å². The van der Waals surface area contributed by atoms with Gasteiger partial charge in [0.1, 0.15) is 5.75 Å². The van der Waals surface area contributed by atoms with Crippen LogP contribution in [0.3, 0.4) is 0 Å². The molecule has 5 heteroatoms. The minimum Gasteiger partial charge on any atom is -0.494 e. The first-order valence-electron chi connectivity index (χ1n) is 8.51. The maximum absolute atomic E-state index is 12.2. The lowest BCUT2D eigenvalue weighted by atomic mass is 9.89. The molecular formula is C18H27ClN2O2. The van der Waals surface area contributed by atoms with E-state index in [0.29, 0.717) is 24.4 Å². The van der Waals surface area contributed by atoms with Gasteiger partial charge in [-0.3, -0.25) is 4.79 Å². The molecule has 1 aromatic rings. The Bertz CT molecular complexity index is 494. The van der Waals surface area contributed by atoms with Gasteiger partial charge >= 0.3 is 0 Å². The molecule has 2 aliphatic heterocycles. The smallest absolute Gasteiger partial charge is 0.224 e. The number of ether oxygens (including phenoxy) is 1. The molecular weight excluding hydrogens is 312 g/mol. The second-order valence-corrected chi connectivity index (χ2v) is 6.60. The summed E-state index contributed by atoms with van der Waals surface area (Å²) >= 11 is 0. The zero-order valence-electron chi connectivity index (χ0n) is 13.7. The van der Waals surface area contributed by atoms with Crippen LogP contribution in [0.5, 0.6) is 5.75 Å². The van der Waals surface area contributed by atoms with Crippen LogP contribution in [-0.2, 0) is 4.79 Å². The lowest BCUT2D eigenvalue weighted by Gasteiger charge is -2.28. The Morgan fingerprint density at radius 1 is 1.22 bits per heavy atom. The molecule has 3 rings (SSSR count). The van der Waals surface area contributed by atoms with E-state index in [0.717, 1.165) is 37.3 Å². The van der Waals surface area contributed by atoms with Gasteiger partial charge in [-0.05, 0) is 62.3 Å². The van der Waals surface area contributed by atoms with Crippen LogP contribution in [0.15, 0.2) is 24.3 Å². The zero-order valence-corrected chi connectivity index (χ0v) is 14.5. The van der Waals surface area contributed by atoms with Crippen molar-refractivity contribution in [1.29, 1.82) is 0 Å². The maximum Gasteiger partial charge on any atom is 0.224 e. The summed E-state index contributed by atoms with van der Waals surface area (Å²) in [5.41, 5.74) is 0.853. The molecule has 2 bridgehead atoms.